The summed E-state index contributed by atoms with van der Waals surface area (Å²) in [4.78, 5) is 0. The summed E-state index contributed by atoms with van der Waals surface area (Å²) < 4.78 is 0. The zero-order chi connectivity index (χ0) is 14.8. The predicted molar refractivity (Wildman–Crippen MR) is 88.2 cm³/mol. The van der Waals surface area contributed by atoms with E-state index < -0.39 is 0 Å². The standard InChI is InChI=1S/C19H31N/c1-6-20-18(17-8-7-11-19(17,4)5)13-16-10-9-14(2)15(3)12-16/h9-10,12,17-18,20H,6-8,11,13H2,1-5H3. The Hall–Kier alpha value is -0.820. The van der Waals surface area contributed by atoms with Crippen LogP contribution < -0.4 is 5.32 Å². The minimum Gasteiger partial charge on any atom is -0.314 e. The van der Waals surface area contributed by atoms with Crippen molar-refractivity contribution in [1.29, 1.82) is 0 Å². The maximum atomic E-state index is 3.76. The number of aryl methyl sites for hydroxylation is 2. The Kier molecular flexibility index (Phi) is 4.90. The lowest BCUT2D eigenvalue weighted by molar-refractivity contribution is 0.197. The van der Waals surface area contributed by atoms with Gasteiger partial charge in [-0.15, -0.1) is 0 Å². The molecule has 0 radical (unpaired) electrons. The van der Waals surface area contributed by atoms with Crippen molar-refractivity contribution in [2.75, 3.05) is 6.54 Å². The molecule has 0 heterocycles. The fourth-order valence-corrected chi connectivity index (χ4v) is 3.90. The summed E-state index contributed by atoms with van der Waals surface area (Å²) >= 11 is 0. The summed E-state index contributed by atoms with van der Waals surface area (Å²) in [5.74, 6) is 0.809. The van der Waals surface area contributed by atoms with Gasteiger partial charge in [0.05, 0.1) is 0 Å². The molecule has 2 unspecified atom stereocenters. The highest BCUT2D eigenvalue weighted by molar-refractivity contribution is 5.30. The second-order valence-electron chi connectivity index (χ2n) is 7.27. The summed E-state index contributed by atoms with van der Waals surface area (Å²) in [6, 6.07) is 7.59. The predicted octanol–water partition coefficient (Wildman–Crippen LogP) is 4.65. The van der Waals surface area contributed by atoms with Crippen LogP contribution in [0.3, 0.4) is 0 Å². The van der Waals surface area contributed by atoms with E-state index >= 15 is 0 Å². The molecule has 2 atom stereocenters. The number of rotatable bonds is 5. The molecule has 1 heteroatoms. The zero-order valence-corrected chi connectivity index (χ0v) is 13.9. The van der Waals surface area contributed by atoms with Crippen molar-refractivity contribution in [2.24, 2.45) is 11.3 Å². The monoisotopic (exact) mass is 273 g/mol. The van der Waals surface area contributed by atoms with Gasteiger partial charge in [-0.1, -0.05) is 45.4 Å². The first-order valence-corrected chi connectivity index (χ1v) is 8.23. The van der Waals surface area contributed by atoms with Crippen molar-refractivity contribution in [3.8, 4) is 0 Å². The first-order chi connectivity index (χ1) is 9.44. The van der Waals surface area contributed by atoms with Crippen LogP contribution in [0.15, 0.2) is 18.2 Å². The molecule has 20 heavy (non-hydrogen) atoms. The van der Waals surface area contributed by atoms with E-state index in [1.807, 2.05) is 0 Å². The molecule has 1 nitrogen and oxygen atoms in total. The molecule has 1 saturated carbocycles. The van der Waals surface area contributed by atoms with E-state index in [2.05, 4.69) is 58.1 Å². The van der Waals surface area contributed by atoms with Crippen LogP contribution in [0.5, 0.6) is 0 Å². The Labute approximate surface area is 125 Å². The second kappa shape index (κ2) is 6.30. The van der Waals surface area contributed by atoms with Gasteiger partial charge in [0.2, 0.25) is 0 Å². The van der Waals surface area contributed by atoms with Crippen LogP contribution in [0.1, 0.15) is 56.7 Å². The van der Waals surface area contributed by atoms with Crippen LogP contribution in [0, 0.1) is 25.2 Å². The maximum absolute atomic E-state index is 3.76. The highest BCUT2D eigenvalue weighted by atomic mass is 14.9. The summed E-state index contributed by atoms with van der Waals surface area (Å²) in [6.45, 7) is 12.6. The van der Waals surface area contributed by atoms with Gasteiger partial charge in [0.25, 0.3) is 0 Å². The van der Waals surface area contributed by atoms with E-state index in [0.717, 1.165) is 12.5 Å². The topological polar surface area (TPSA) is 12.0 Å². The largest absolute Gasteiger partial charge is 0.314 e. The molecule has 0 amide bonds. The van der Waals surface area contributed by atoms with E-state index in [-0.39, 0.29) is 0 Å². The van der Waals surface area contributed by atoms with Crippen molar-refractivity contribution in [2.45, 2.75) is 66.3 Å². The average Bonchev–Trinajstić information content (AvgIpc) is 2.73. The van der Waals surface area contributed by atoms with Gasteiger partial charge in [-0.25, -0.2) is 0 Å². The molecule has 1 aliphatic carbocycles. The molecular weight excluding hydrogens is 242 g/mol. The first-order valence-electron chi connectivity index (χ1n) is 8.23. The molecule has 0 aliphatic heterocycles. The summed E-state index contributed by atoms with van der Waals surface area (Å²) in [5.41, 5.74) is 4.80. The normalized spacial score (nSPS) is 22.9. The number of benzene rings is 1. The van der Waals surface area contributed by atoms with Gasteiger partial charge in [0.15, 0.2) is 0 Å². The third-order valence-electron chi connectivity index (χ3n) is 5.32. The third-order valence-corrected chi connectivity index (χ3v) is 5.32. The lowest BCUT2D eigenvalue weighted by atomic mass is 9.75. The molecule has 112 valence electrons. The fraction of sp³-hybridized carbons (Fsp3) is 0.684. The lowest BCUT2D eigenvalue weighted by Gasteiger charge is -2.35. The van der Waals surface area contributed by atoms with Gasteiger partial charge in [-0.3, -0.25) is 0 Å². The maximum Gasteiger partial charge on any atom is 0.0141 e. The van der Waals surface area contributed by atoms with Crippen molar-refractivity contribution < 1.29 is 0 Å². The molecule has 2 rings (SSSR count). The number of hydrogen-bond acceptors (Lipinski definition) is 1. The van der Waals surface area contributed by atoms with Crippen LogP contribution in [-0.2, 0) is 6.42 Å². The summed E-state index contributed by atoms with van der Waals surface area (Å²) in [5, 5.41) is 3.76. The molecule has 1 N–H and O–H groups in total. The van der Waals surface area contributed by atoms with E-state index in [4.69, 9.17) is 0 Å². The van der Waals surface area contributed by atoms with Gasteiger partial charge in [-0.2, -0.15) is 0 Å². The Balaban J connectivity index is 2.14. The highest BCUT2D eigenvalue weighted by Gasteiger charge is 2.39. The Morgan fingerprint density at radius 3 is 2.55 bits per heavy atom. The lowest BCUT2D eigenvalue weighted by Crippen LogP contribution is -2.42. The molecule has 1 aromatic carbocycles. The SMILES string of the molecule is CCNC(Cc1ccc(C)c(C)c1)C1CCCC1(C)C. The van der Waals surface area contributed by atoms with Crippen LogP contribution in [-0.4, -0.2) is 12.6 Å². The first kappa shape index (κ1) is 15.6. The Morgan fingerprint density at radius 2 is 2.00 bits per heavy atom. The summed E-state index contributed by atoms with van der Waals surface area (Å²) in [6.07, 6.45) is 5.33. The van der Waals surface area contributed by atoms with E-state index in [1.54, 1.807) is 0 Å². The van der Waals surface area contributed by atoms with Gasteiger partial charge >= 0.3 is 0 Å². The molecular formula is C19H31N. The number of nitrogens with one attached hydrogen (secondary N) is 1. The van der Waals surface area contributed by atoms with Gasteiger partial charge < -0.3 is 5.32 Å². The van der Waals surface area contributed by atoms with Gasteiger partial charge in [-0.05, 0) is 67.7 Å². The molecule has 0 aromatic heterocycles. The van der Waals surface area contributed by atoms with Crippen LogP contribution in [0.25, 0.3) is 0 Å². The molecule has 0 spiro atoms. The molecule has 1 aliphatic rings. The highest BCUT2D eigenvalue weighted by Crippen LogP contribution is 2.44. The van der Waals surface area contributed by atoms with Crippen molar-refractivity contribution in [3.05, 3.63) is 34.9 Å². The molecule has 0 bridgehead atoms. The second-order valence-corrected chi connectivity index (χ2v) is 7.27. The quantitative estimate of drug-likeness (QED) is 0.823. The minimum absolute atomic E-state index is 0.493. The Morgan fingerprint density at radius 1 is 1.25 bits per heavy atom. The average molecular weight is 273 g/mol. The molecule has 0 saturated heterocycles. The zero-order valence-electron chi connectivity index (χ0n) is 13.9. The summed E-state index contributed by atoms with van der Waals surface area (Å²) in [7, 11) is 0. The number of hydrogen-bond donors (Lipinski definition) is 1. The van der Waals surface area contributed by atoms with Crippen molar-refractivity contribution >= 4 is 0 Å². The number of likely N-dealkylation sites (N-methyl/N-ethyl adjacent to an activating group) is 1. The fourth-order valence-electron chi connectivity index (χ4n) is 3.90. The van der Waals surface area contributed by atoms with Crippen LogP contribution in [0.2, 0.25) is 0 Å². The molecule has 1 fully saturated rings. The van der Waals surface area contributed by atoms with Gasteiger partial charge in [0.1, 0.15) is 0 Å². The van der Waals surface area contributed by atoms with Crippen LogP contribution in [0.4, 0.5) is 0 Å². The van der Waals surface area contributed by atoms with Crippen LogP contribution >= 0.6 is 0 Å². The van der Waals surface area contributed by atoms with Crippen molar-refractivity contribution in [3.63, 3.8) is 0 Å². The van der Waals surface area contributed by atoms with Gasteiger partial charge in [0, 0.05) is 6.04 Å². The van der Waals surface area contributed by atoms with Crippen molar-refractivity contribution in [1.82, 2.24) is 5.32 Å². The minimum atomic E-state index is 0.493. The van der Waals surface area contributed by atoms with E-state index in [0.29, 0.717) is 11.5 Å². The molecule has 1 aromatic rings. The third kappa shape index (κ3) is 3.44. The Bertz CT molecular complexity index is 447. The van der Waals surface area contributed by atoms with E-state index in [9.17, 15) is 0 Å². The van der Waals surface area contributed by atoms with E-state index in [1.165, 1.54) is 42.4 Å². The smallest absolute Gasteiger partial charge is 0.0141 e.